The van der Waals surface area contributed by atoms with Crippen molar-refractivity contribution >= 4 is 40.6 Å². The Morgan fingerprint density at radius 2 is 1.67 bits per heavy atom. The second-order valence-corrected chi connectivity index (χ2v) is 9.68. The number of non-ortho nitro benzene ring substituents is 1. The summed E-state index contributed by atoms with van der Waals surface area (Å²) in [6.07, 6.45) is 3.75. The summed E-state index contributed by atoms with van der Waals surface area (Å²) < 4.78 is 14.8. The molecule has 1 aliphatic rings. The van der Waals surface area contributed by atoms with Gasteiger partial charge in [-0.25, -0.2) is 4.39 Å². The number of aliphatic imine (C=N–C) groups is 1. The van der Waals surface area contributed by atoms with Crippen LogP contribution in [-0.4, -0.2) is 23.7 Å². The number of allylic oxidation sites excluding steroid dienone is 1. The van der Waals surface area contributed by atoms with Gasteiger partial charge in [0.15, 0.2) is 0 Å². The molecule has 0 spiro atoms. The van der Waals surface area contributed by atoms with Gasteiger partial charge in [0.05, 0.1) is 16.1 Å². The van der Waals surface area contributed by atoms with Crippen LogP contribution in [0, 0.1) is 15.9 Å². The molecule has 1 aliphatic heterocycles. The van der Waals surface area contributed by atoms with E-state index in [1.807, 2.05) is 44.3 Å². The number of rotatable bonds is 5. The van der Waals surface area contributed by atoms with Crippen LogP contribution in [0.2, 0.25) is 0 Å². The number of hydrogen-bond acceptors (Lipinski definition) is 5. The molecule has 7 heteroatoms. The summed E-state index contributed by atoms with van der Waals surface area (Å²) in [7, 11) is 1.98. The van der Waals surface area contributed by atoms with E-state index in [0.29, 0.717) is 11.3 Å². The number of anilines is 1. The van der Waals surface area contributed by atoms with Crippen LogP contribution in [0.15, 0.2) is 81.5 Å². The second kappa shape index (κ2) is 8.83. The molecule has 0 bridgehead atoms. The zero-order valence-electron chi connectivity index (χ0n) is 18.9. The smallest absolute Gasteiger partial charge is 0.269 e. The Hall–Kier alpha value is -3.45. The zero-order valence-corrected chi connectivity index (χ0v) is 19.7. The molecule has 0 atom stereocenters. The summed E-state index contributed by atoms with van der Waals surface area (Å²) in [6.45, 7) is 6.26. The fraction of sp³-hybridized carbons (Fsp3) is 0.192. The van der Waals surface area contributed by atoms with Crippen LogP contribution in [0.5, 0.6) is 0 Å². The van der Waals surface area contributed by atoms with E-state index in [2.05, 4.69) is 29.8 Å². The van der Waals surface area contributed by atoms with Crippen LogP contribution in [0.25, 0.3) is 5.57 Å². The molecule has 0 aliphatic carbocycles. The molecule has 0 saturated carbocycles. The van der Waals surface area contributed by atoms with Gasteiger partial charge in [-0.15, -0.1) is 0 Å². The maximum atomic E-state index is 14.8. The van der Waals surface area contributed by atoms with E-state index in [0.717, 1.165) is 26.6 Å². The predicted octanol–water partition coefficient (Wildman–Crippen LogP) is 7.27. The quantitative estimate of drug-likeness (QED) is 0.228. The Bertz CT molecular complexity index is 1270. The summed E-state index contributed by atoms with van der Waals surface area (Å²) in [5.74, 6) is -0.305. The van der Waals surface area contributed by atoms with Crippen molar-refractivity contribution in [1.82, 2.24) is 0 Å². The Kier molecular flexibility index (Phi) is 6.08. The molecule has 0 N–H and O–H groups in total. The Morgan fingerprint density at radius 1 is 1.06 bits per heavy atom. The number of halogens is 1. The van der Waals surface area contributed by atoms with E-state index in [1.165, 1.54) is 23.9 Å². The number of benzene rings is 3. The molecule has 1 heterocycles. The first-order valence-corrected chi connectivity index (χ1v) is 11.3. The first-order valence-electron chi connectivity index (χ1n) is 10.5. The van der Waals surface area contributed by atoms with E-state index in [9.17, 15) is 14.5 Å². The Morgan fingerprint density at radius 3 is 2.27 bits per heavy atom. The summed E-state index contributed by atoms with van der Waals surface area (Å²) in [6, 6.07) is 17.4. The van der Waals surface area contributed by atoms with Gasteiger partial charge < -0.3 is 4.90 Å². The average molecular weight is 462 g/mol. The minimum atomic E-state index is -0.413. The maximum absolute atomic E-state index is 14.8. The monoisotopic (exact) mass is 461 g/mol. The minimum Gasteiger partial charge on any atom is -0.365 e. The molecule has 5 nitrogen and oxygen atoms in total. The van der Waals surface area contributed by atoms with Crippen LogP contribution < -0.4 is 4.90 Å². The normalized spacial score (nSPS) is 14.8. The summed E-state index contributed by atoms with van der Waals surface area (Å²) in [5, 5.41) is 10.8. The van der Waals surface area contributed by atoms with Gasteiger partial charge in [0.1, 0.15) is 5.82 Å². The summed E-state index contributed by atoms with van der Waals surface area (Å²) in [4.78, 5) is 18.8. The SMILES string of the molecule is CC1=CC(C)(C)N(C)c2cc(F)c(C=Nc3ccc(Sc4ccc([N+](=O)[O-])cc4)cc3)cc21. The van der Waals surface area contributed by atoms with Gasteiger partial charge in [0, 0.05) is 52.0 Å². The second-order valence-electron chi connectivity index (χ2n) is 8.54. The molecule has 3 aromatic rings. The highest BCUT2D eigenvalue weighted by Crippen LogP contribution is 2.39. The molecule has 4 rings (SSSR count). The average Bonchev–Trinajstić information content (AvgIpc) is 2.77. The van der Waals surface area contributed by atoms with Crippen molar-refractivity contribution in [2.24, 2.45) is 4.99 Å². The molecule has 3 aromatic carbocycles. The van der Waals surface area contributed by atoms with E-state index < -0.39 is 4.92 Å². The minimum absolute atomic E-state index is 0.0690. The standard InChI is InChI=1S/C26H24FN3O2S/c1-17-15-26(2,3)29(4)25-14-24(27)18(13-23(17)25)16-28-19-5-9-21(10-6-19)33-22-11-7-20(8-12-22)30(31)32/h5-16H,1-4H3. The summed E-state index contributed by atoms with van der Waals surface area (Å²) in [5.41, 5.74) is 4.06. The van der Waals surface area contributed by atoms with Crippen molar-refractivity contribution in [2.75, 3.05) is 11.9 Å². The lowest BCUT2D eigenvalue weighted by Crippen LogP contribution is -2.42. The van der Waals surface area contributed by atoms with Crippen molar-refractivity contribution in [3.63, 3.8) is 0 Å². The molecule has 0 aromatic heterocycles. The number of nitro benzene ring substituents is 1. The summed E-state index contributed by atoms with van der Waals surface area (Å²) >= 11 is 1.50. The van der Waals surface area contributed by atoms with Crippen LogP contribution in [0.3, 0.4) is 0 Å². The van der Waals surface area contributed by atoms with E-state index >= 15 is 0 Å². The predicted molar refractivity (Wildman–Crippen MR) is 133 cm³/mol. The fourth-order valence-corrected chi connectivity index (χ4v) is 4.62. The van der Waals surface area contributed by atoms with Gasteiger partial charge in [-0.1, -0.05) is 17.8 Å². The number of hydrogen-bond donors (Lipinski definition) is 0. The maximum Gasteiger partial charge on any atom is 0.269 e. The lowest BCUT2D eigenvalue weighted by atomic mass is 9.88. The van der Waals surface area contributed by atoms with Crippen LogP contribution in [0.1, 0.15) is 31.9 Å². The lowest BCUT2D eigenvalue weighted by Gasteiger charge is -2.40. The molecule has 0 saturated heterocycles. The van der Waals surface area contributed by atoms with Crippen molar-refractivity contribution in [3.05, 3.63) is 93.8 Å². The van der Waals surface area contributed by atoms with Gasteiger partial charge in [0.2, 0.25) is 0 Å². The molecular weight excluding hydrogens is 437 g/mol. The van der Waals surface area contributed by atoms with Gasteiger partial charge in [0.25, 0.3) is 5.69 Å². The molecule has 0 unspecified atom stereocenters. The highest BCUT2D eigenvalue weighted by molar-refractivity contribution is 7.99. The number of nitrogens with zero attached hydrogens (tertiary/aromatic N) is 3. The van der Waals surface area contributed by atoms with Gasteiger partial charge in [-0.3, -0.25) is 15.1 Å². The third-order valence-electron chi connectivity index (χ3n) is 5.81. The molecule has 0 amide bonds. The molecule has 0 fully saturated rings. The highest BCUT2D eigenvalue weighted by Gasteiger charge is 2.29. The Labute approximate surface area is 196 Å². The van der Waals surface area contributed by atoms with Crippen molar-refractivity contribution in [2.45, 2.75) is 36.1 Å². The number of likely N-dealkylation sites (N-methyl/N-ethyl adjacent to an activating group) is 1. The van der Waals surface area contributed by atoms with Crippen molar-refractivity contribution in [3.8, 4) is 0 Å². The molecule has 33 heavy (non-hydrogen) atoms. The fourth-order valence-electron chi connectivity index (χ4n) is 3.80. The largest absolute Gasteiger partial charge is 0.365 e. The molecule has 0 radical (unpaired) electrons. The van der Waals surface area contributed by atoms with E-state index in [1.54, 1.807) is 24.4 Å². The first-order chi connectivity index (χ1) is 15.6. The van der Waals surface area contributed by atoms with Crippen molar-refractivity contribution in [1.29, 1.82) is 0 Å². The van der Waals surface area contributed by atoms with Gasteiger partial charge in [-0.05, 0) is 74.9 Å². The lowest BCUT2D eigenvalue weighted by molar-refractivity contribution is -0.384. The van der Waals surface area contributed by atoms with Crippen LogP contribution >= 0.6 is 11.8 Å². The third-order valence-corrected chi connectivity index (χ3v) is 6.82. The first kappa shape index (κ1) is 22.7. The number of fused-ring (bicyclic) bond motifs is 1. The van der Waals surface area contributed by atoms with E-state index in [4.69, 9.17) is 0 Å². The van der Waals surface area contributed by atoms with E-state index in [-0.39, 0.29) is 17.0 Å². The zero-order chi connectivity index (χ0) is 23.8. The third kappa shape index (κ3) is 4.83. The number of nitro groups is 1. The highest BCUT2D eigenvalue weighted by atomic mass is 32.2. The topological polar surface area (TPSA) is 58.7 Å². The van der Waals surface area contributed by atoms with Crippen LogP contribution in [-0.2, 0) is 0 Å². The van der Waals surface area contributed by atoms with Crippen molar-refractivity contribution < 1.29 is 9.31 Å². The Balaban J connectivity index is 1.51. The van der Waals surface area contributed by atoms with Gasteiger partial charge >= 0.3 is 0 Å². The van der Waals surface area contributed by atoms with Crippen LogP contribution in [0.4, 0.5) is 21.5 Å². The molecule has 168 valence electrons. The molecular formula is C26H24FN3O2S. The van der Waals surface area contributed by atoms with Gasteiger partial charge in [-0.2, -0.15) is 0 Å².